The summed E-state index contributed by atoms with van der Waals surface area (Å²) < 4.78 is 11.3. The van der Waals surface area contributed by atoms with Gasteiger partial charge >= 0.3 is 6.16 Å². The number of halogens is 1. The van der Waals surface area contributed by atoms with E-state index in [1.54, 1.807) is 24.3 Å². The number of hydrogen-bond donors (Lipinski definition) is 3. The Balaban J connectivity index is 1.88. The molecule has 0 fully saturated rings. The van der Waals surface area contributed by atoms with Gasteiger partial charge in [-0.15, -0.1) is 0 Å². The summed E-state index contributed by atoms with van der Waals surface area (Å²) in [5, 5.41) is 5.91. The molecule has 0 aromatic heterocycles. The standard InChI is InChI=1S/C32H46BrN3O5/c1-2-3-4-5-6-7-13-22-35-31(38)29(36-30(37)16-9-8-12-21-34)23-25-17-19-27(20-18-25)41-32(39)40-24-26-14-10-11-15-28(26)33/h10-11,14-15,17-20,29H,2-9,12-13,16,21-24,34H2,1H3,(H,35,38)(H,36,37)/t29-/m0/s1. The fourth-order valence-corrected chi connectivity index (χ4v) is 4.71. The first-order valence-electron chi connectivity index (χ1n) is 14.9. The highest BCUT2D eigenvalue weighted by Crippen LogP contribution is 2.18. The third-order valence-electron chi connectivity index (χ3n) is 6.71. The molecule has 8 nitrogen and oxygen atoms in total. The molecule has 4 N–H and O–H groups in total. The summed E-state index contributed by atoms with van der Waals surface area (Å²) in [4.78, 5) is 37.7. The van der Waals surface area contributed by atoms with E-state index in [1.165, 1.54) is 32.1 Å². The van der Waals surface area contributed by atoms with Gasteiger partial charge in [0.05, 0.1) is 0 Å². The summed E-state index contributed by atoms with van der Waals surface area (Å²) >= 11 is 3.42. The Hall–Kier alpha value is -2.91. The maximum absolute atomic E-state index is 13.0. The van der Waals surface area contributed by atoms with Crippen LogP contribution in [0.25, 0.3) is 0 Å². The highest BCUT2D eigenvalue weighted by atomic mass is 79.9. The van der Waals surface area contributed by atoms with E-state index in [0.717, 1.165) is 47.7 Å². The topological polar surface area (TPSA) is 120 Å². The molecule has 0 heterocycles. The molecule has 9 heteroatoms. The van der Waals surface area contributed by atoms with Crippen molar-refractivity contribution in [2.24, 2.45) is 5.73 Å². The molecule has 2 amide bonds. The Morgan fingerprint density at radius 2 is 1.56 bits per heavy atom. The molecule has 0 bridgehead atoms. The van der Waals surface area contributed by atoms with Crippen LogP contribution in [0.5, 0.6) is 5.75 Å². The average Bonchev–Trinajstić information content (AvgIpc) is 2.97. The van der Waals surface area contributed by atoms with Crippen molar-refractivity contribution in [1.82, 2.24) is 10.6 Å². The van der Waals surface area contributed by atoms with Gasteiger partial charge in [-0.3, -0.25) is 9.59 Å². The zero-order valence-electron chi connectivity index (χ0n) is 24.3. The number of hydrogen-bond acceptors (Lipinski definition) is 6. The number of nitrogens with one attached hydrogen (secondary N) is 2. The Kier molecular flexibility index (Phi) is 17.5. The van der Waals surface area contributed by atoms with Gasteiger partial charge in [0.1, 0.15) is 18.4 Å². The maximum Gasteiger partial charge on any atom is 0.514 e. The second-order valence-electron chi connectivity index (χ2n) is 10.2. The summed E-state index contributed by atoms with van der Waals surface area (Å²) in [5.74, 6) is -0.0112. The van der Waals surface area contributed by atoms with E-state index in [1.807, 2.05) is 24.3 Å². The van der Waals surface area contributed by atoms with Crippen molar-refractivity contribution in [1.29, 1.82) is 0 Å². The van der Waals surface area contributed by atoms with Crippen molar-refractivity contribution in [3.63, 3.8) is 0 Å². The van der Waals surface area contributed by atoms with Gasteiger partial charge in [-0.2, -0.15) is 0 Å². The van der Waals surface area contributed by atoms with Crippen molar-refractivity contribution in [2.75, 3.05) is 13.1 Å². The predicted molar refractivity (Wildman–Crippen MR) is 166 cm³/mol. The first-order valence-corrected chi connectivity index (χ1v) is 15.7. The number of amides is 2. The Morgan fingerprint density at radius 3 is 2.27 bits per heavy atom. The number of benzene rings is 2. The van der Waals surface area contributed by atoms with Gasteiger partial charge in [0.2, 0.25) is 11.8 Å². The van der Waals surface area contributed by atoms with Crippen LogP contribution in [-0.4, -0.2) is 37.1 Å². The number of unbranched alkanes of at least 4 members (excludes halogenated alkanes) is 8. The van der Waals surface area contributed by atoms with Gasteiger partial charge in [0.15, 0.2) is 0 Å². The van der Waals surface area contributed by atoms with Crippen LogP contribution in [0.2, 0.25) is 0 Å². The number of carbonyl (C=O) groups excluding carboxylic acids is 3. The summed E-state index contributed by atoms with van der Waals surface area (Å²) in [6.07, 6.45) is 10.5. The van der Waals surface area contributed by atoms with E-state index in [-0.39, 0.29) is 18.4 Å². The van der Waals surface area contributed by atoms with E-state index >= 15 is 0 Å². The zero-order chi connectivity index (χ0) is 29.7. The Morgan fingerprint density at radius 1 is 0.878 bits per heavy atom. The largest absolute Gasteiger partial charge is 0.514 e. The van der Waals surface area contributed by atoms with Crippen LogP contribution >= 0.6 is 15.9 Å². The van der Waals surface area contributed by atoms with Gasteiger partial charge in [-0.05, 0) is 49.6 Å². The second-order valence-corrected chi connectivity index (χ2v) is 11.1. The van der Waals surface area contributed by atoms with Crippen molar-refractivity contribution < 1.29 is 23.9 Å². The number of nitrogens with two attached hydrogens (primary N) is 1. The lowest BCUT2D eigenvalue weighted by atomic mass is 10.0. The van der Waals surface area contributed by atoms with Crippen LogP contribution in [0.3, 0.4) is 0 Å². The highest BCUT2D eigenvalue weighted by Gasteiger charge is 2.21. The normalized spacial score (nSPS) is 11.5. The highest BCUT2D eigenvalue weighted by molar-refractivity contribution is 9.10. The SMILES string of the molecule is CCCCCCCCCNC(=O)[C@H](Cc1ccc(OC(=O)OCc2ccccc2Br)cc1)NC(=O)CCCCCN. The van der Waals surface area contributed by atoms with Crippen LogP contribution in [0, 0.1) is 0 Å². The molecule has 0 aliphatic heterocycles. The Labute approximate surface area is 253 Å². The van der Waals surface area contributed by atoms with Gasteiger partial charge in [0.25, 0.3) is 0 Å². The lowest BCUT2D eigenvalue weighted by molar-refractivity contribution is -0.129. The molecular weight excluding hydrogens is 586 g/mol. The summed E-state index contributed by atoms with van der Waals surface area (Å²) in [5.41, 5.74) is 7.20. The van der Waals surface area contributed by atoms with E-state index in [9.17, 15) is 14.4 Å². The third kappa shape index (κ3) is 15.0. The van der Waals surface area contributed by atoms with E-state index in [4.69, 9.17) is 15.2 Å². The van der Waals surface area contributed by atoms with E-state index in [0.29, 0.717) is 31.7 Å². The van der Waals surface area contributed by atoms with Crippen molar-refractivity contribution in [3.05, 3.63) is 64.1 Å². The minimum Gasteiger partial charge on any atom is -0.429 e. The monoisotopic (exact) mass is 631 g/mol. The van der Waals surface area contributed by atoms with E-state index < -0.39 is 12.2 Å². The van der Waals surface area contributed by atoms with Crippen LogP contribution in [0.15, 0.2) is 53.0 Å². The number of rotatable bonds is 20. The maximum atomic E-state index is 13.0. The molecule has 0 saturated heterocycles. The van der Waals surface area contributed by atoms with Crippen molar-refractivity contribution in [2.45, 2.75) is 96.6 Å². The van der Waals surface area contributed by atoms with Gasteiger partial charge in [0, 0.05) is 29.4 Å². The number of ether oxygens (including phenoxy) is 2. The molecule has 2 aromatic carbocycles. The number of carbonyl (C=O) groups is 3. The molecule has 0 spiro atoms. The Bertz CT molecular complexity index is 1050. The van der Waals surface area contributed by atoms with Crippen molar-refractivity contribution >= 4 is 33.9 Å². The van der Waals surface area contributed by atoms with E-state index in [2.05, 4.69) is 33.5 Å². The summed E-state index contributed by atoms with van der Waals surface area (Å²) in [6.45, 7) is 3.48. The predicted octanol–water partition coefficient (Wildman–Crippen LogP) is 6.58. The second kappa shape index (κ2) is 20.9. The van der Waals surface area contributed by atoms with Crippen LogP contribution in [-0.2, 0) is 27.4 Å². The third-order valence-corrected chi connectivity index (χ3v) is 7.48. The smallest absolute Gasteiger partial charge is 0.429 e. The molecule has 0 radical (unpaired) electrons. The molecule has 1 atom stereocenters. The molecule has 2 aromatic rings. The molecule has 0 aliphatic carbocycles. The fraction of sp³-hybridized carbons (Fsp3) is 0.531. The lowest BCUT2D eigenvalue weighted by Crippen LogP contribution is -2.48. The summed E-state index contributed by atoms with van der Waals surface area (Å²) in [6, 6.07) is 13.6. The molecule has 41 heavy (non-hydrogen) atoms. The molecule has 0 saturated carbocycles. The minimum absolute atomic E-state index is 0.0832. The fourth-order valence-electron chi connectivity index (χ4n) is 4.31. The van der Waals surface area contributed by atoms with Crippen molar-refractivity contribution in [3.8, 4) is 5.75 Å². The van der Waals surface area contributed by atoms with Crippen LogP contribution < -0.4 is 21.1 Å². The van der Waals surface area contributed by atoms with Gasteiger partial charge in [-0.1, -0.05) is 98.1 Å². The lowest BCUT2D eigenvalue weighted by Gasteiger charge is -2.19. The average molecular weight is 633 g/mol. The first-order chi connectivity index (χ1) is 19.9. The van der Waals surface area contributed by atoms with Gasteiger partial charge < -0.3 is 25.8 Å². The molecule has 2 rings (SSSR count). The quantitative estimate of drug-likeness (QED) is 0.0862. The van der Waals surface area contributed by atoms with Crippen LogP contribution in [0.4, 0.5) is 4.79 Å². The molecular formula is C32H46BrN3O5. The first kappa shape index (κ1) is 34.3. The van der Waals surface area contributed by atoms with Crippen LogP contribution in [0.1, 0.15) is 88.7 Å². The molecule has 226 valence electrons. The van der Waals surface area contributed by atoms with Gasteiger partial charge in [-0.25, -0.2) is 4.79 Å². The minimum atomic E-state index is -0.807. The molecule has 0 aliphatic rings. The summed E-state index contributed by atoms with van der Waals surface area (Å²) in [7, 11) is 0. The molecule has 0 unspecified atom stereocenters. The zero-order valence-corrected chi connectivity index (χ0v) is 25.9.